The maximum Gasteiger partial charge on any atom is 0.261 e. The third-order valence-corrected chi connectivity index (χ3v) is 2.71. The molecule has 0 aliphatic heterocycles. The van der Waals surface area contributed by atoms with Gasteiger partial charge < -0.3 is 30.6 Å². The SMILES string of the molecule is C=C(C)C(=O)N(CCO)C(=O)[C@@H](O)[C@@H](O)[C@H](O)[C@H](O)CO. The molecule has 0 rings (SSSR count). The number of amides is 2. The summed E-state index contributed by atoms with van der Waals surface area (Å²) in [5.41, 5.74) is -0.0329. The quantitative estimate of drug-likeness (QED) is 0.250. The average Bonchev–Trinajstić information content (AvgIpc) is 2.47. The minimum absolute atomic E-state index is 0.0329. The van der Waals surface area contributed by atoms with Crippen molar-refractivity contribution in [3.63, 3.8) is 0 Å². The van der Waals surface area contributed by atoms with Crippen molar-refractivity contribution in [2.75, 3.05) is 19.8 Å². The van der Waals surface area contributed by atoms with Crippen LogP contribution in [0.2, 0.25) is 0 Å². The van der Waals surface area contributed by atoms with Gasteiger partial charge in [0.15, 0.2) is 6.10 Å². The van der Waals surface area contributed by atoms with Gasteiger partial charge in [-0.3, -0.25) is 14.5 Å². The van der Waals surface area contributed by atoms with Crippen LogP contribution in [0.3, 0.4) is 0 Å². The van der Waals surface area contributed by atoms with Gasteiger partial charge in [0, 0.05) is 5.57 Å². The van der Waals surface area contributed by atoms with E-state index in [-0.39, 0.29) is 5.57 Å². The lowest BCUT2D eigenvalue weighted by molar-refractivity contribution is -0.162. The van der Waals surface area contributed by atoms with E-state index in [9.17, 15) is 24.9 Å². The van der Waals surface area contributed by atoms with E-state index in [1.165, 1.54) is 6.92 Å². The van der Waals surface area contributed by atoms with Crippen LogP contribution in [0, 0.1) is 0 Å². The number of nitrogens with zero attached hydrogens (tertiary/aromatic N) is 1. The molecule has 0 fully saturated rings. The Bertz CT molecular complexity index is 385. The summed E-state index contributed by atoms with van der Waals surface area (Å²) in [6, 6.07) is 0. The Kier molecular flexibility index (Phi) is 8.25. The standard InChI is InChI=1S/C12H21NO8/c1-6(2)11(20)13(3-4-14)12(21)10(19)9(18)8(17)7(16)5-15/h7-10,14-19H,1,3-5H2,2H3/t7-,8-,9+,10+/m1/s1. The maximum atomic E-state index is 11.9. The van der Waals surface area contributed by atoms with E-state index in [4.69, 9.17) is 15.3 Å². The molecule has 9 nitrogen and oxygen atoms in total. The molecule has 0 aromatic rings. The largest absolute Gasteiger partial charge is 0.395 e. The second kappa shape index (κ2) is 8.82. The molecule has 4 atom stereocenters. The molecule has 0 saturated heterocycles. The van der Waals surface area contributed by atoms with Crippen LogP contribution in [-0.2, 0) is 9.59 Å². The lowest BCUT2D eigenvalue weighted by Gasteiger charge is -2.28. The zero-order chi connectivity index (χ0) is 16.7. The molecular weight excluding hydrogens is 286 g/mol. The molecule has 0 spiro atoms. The molecule has 0 aromatic heterocycles. The summed E-state index contributed by atoms with van der Waals surface area (Å²) in [6.07, 6.45) is -8.12. The number of carbonyl (C=O) groups is 2. The van der Waals surface area contributed by atoms with Crippen molar-refractivity contribution in [2.24, 2.45) is 0 Å². The Morgan fingerprint density at radius 3 is 2.00 bits per heavy atom. The topological polar surface area (TPSA) is 159 Å². The van der Waals surface area contributed by atoms with E-state index in [2.05, 4.69) is 6.58 Å². The monoisotopic (exact) mass is 307 g/mol. The van der Waals surface area contributed by atoms with E-state index in [1.807, 2.05) is 0 Å². The van der Waals surface area contributed by atoms with Gasteiger partial charge in [0.1, 0.15) is 18.3 Å². The minimum Gasteiger partial charge on any atom is -0.395 e. The highest BCUT2D eigenvalue weighted by molar-refractivity contribution is 6.04. The van der Waals surface area contributed by atoms with E-state index in [1.54, 1.807) is 0 Å². The summed E-state index contributed by atoms with van der Waals surface area (Å²) in [4.78, 5) is 24.1. The van der Waals surface area contributed by atoms with Gasteiger partial charge in [-0.15, -0.1) is 0 Å². The minimum atomic E-state index is -2.23. The summed E-state index contributed by atoms with van der Waals surface area (Å²) in [6.45, 7) is 2.73. The summed E-state index contributed by atoms with van der Waals surface area (Å²) in [5, 5.41) is 55.3. The molecule has 2 amide bonds. The second-order valence-electron chi connectivity index (χ2n) is 4.47. The number of imide groups is 1. The van der Waals surface area contributed by atoms with Gasteiger partial charge in [-0.25, -0.2) is 0 Å². The number of aliphatic hydroxyl groups is 6. The Hall–Kier alpha value is -1.36. The van der Waals surface area contributed by atoms with Crippen LogP contribution in [0.25, 0.3) is 0 Å². The smallest absolute Gasteiger partial charge is 0.261 e. The molecule has 0 unspecified atom stereocenters. The van der Waals surface area contributed by atoms with Crippen molar-refractivity contribution in [3.8, 4) is 0 Å². The molecule has 0 aliphatic rings. The maximum absolute atomic E-state index is 11.9. The van der Waals surface area contributed by atoms with E-state index >= 15 is 0 Å². The summed E-state index contributed by atoms with van der Waals surface area (Å²) in [7, 11) is 0. The van der Waals surface area contributed by atoms with Gasteiger partial charge in [0.05, 0.1) is 19.8 Å². The van der Waals surface area contributed by atoms with Crippen LogP contribution >= 0.6 is 0 Å². The van der Waals surface area contributed by atoms with E-state index in [0.717, 1.165) is 0 Å². The van der Waals surface area contributed by atoms with Crippen LogP contribution in [0.1, 0.15) is 6.92 Å². The number of rotatable bonds is 8. The molecule has 0 aliphatic carbocycles. The third-order valence-electron chi connectivity index (χ3n) is 2.71. The molecule has 0 bridgehead atoms. The predicted octanol–water partition coefficient (Wildman–Crippen LogP) is -3.65. The van der Waals surface area contributed by atoms with Gasteiger partial charge in [0.2, 0.25) is 0 Å². The first-order chi connectivity index (χ1) is 9.68. The molecule has 6 N–H and O–H groups in total. The van der Waals surface area contributed by atoms with Crippen molar-refractivity contribution < 1.29 is 40.2 Å². The Morgan fingerprint density at radius 2 is 1.62 bits per heavy atom. The average molecular weight is 307 g/mol. The normalized spacial score (nSPS) is 16.7. The molecule has 0 aromatic carbocycles. The van der Waals surface area contributed by atoms with Gasteiger partial charge >= 0.3 is 0 Å². The van der Waals surface area contributed by atoms with Gasteiger partial charge in [-0.2, -0.15) is 0 Å². The van der Waals surface area contributed by atoms with Crippen LogP contribution < -0.4 is 0 Å². The van der Waals surface area contributed by atoms with Crippen molar-refractivity contribution >= 4 is 11.8 Å². The Morgan fingerprint density at radius 1 is 1.10 bits per heavy atom. The third kappa shape index (κ3) is 5.16. The van der Waals surface area contributed by atoms with Gasteiger partial charge in [0.25, 0.3) is 11.8 Å². The fourth-order valence-corrected chi connectivity index (χ4v) is 1.47. The second-order valence-corrected chi connectivity index (χ2v) is 4.47. The van der Waals surface area contributed by atoms with Crippen molar-refractivity contribution in [2.45, 2.75) is 31.3 Å². The van der Waals surface area contributed by atoms with Crippen molar-refractivity contribution in [1.82, 2.24) is 4.90 Å². The van der Waals surface area contributed by atoms with Gasteiger partial charge in [-0.1, -0.05) is 6.58 Å². The van der Waals surface area contributed by atoms with E-state index < -0.39 is 56.0 Å². The summed E-state index contributed by atoms with van der Waals surface area (Å²) in [5.74, 6) is -2.13. The van der Waals surface area contributed by atoms with Crippen molar-refractivity contribution in [3.05, 3.63) is 12.2 Å². The fraction of sp³-hybridized carbons (Fsp3) is 0.667. The first kappa shape index (κ1) is 19.6. The molecule has 21 heavy (non-hydrogen) atoms. The van der Waals surface area contributed by atoms with Crippen LogP contribution in [-0.4, -0.2) is 91.5 Å². The Balaban J connectivity index is 5.08. The molecule has 0 radical (unpaired) electrons. The Labute approximate surface area is 121 Å². The summed E-state index contributed by atoms with van der Waals surface area (Å²) >= 11 is 0. The number of carbonyl (C=O) groups excluding carboxylic acids is 2. The summed E-state index contributed by atoms with van der Waals surface area (Å²) < 4.78 is 0. The van der Waals surface area contributed by atoms with Crippen molar-refractivity contribution in [1.29, 1.82) is 0 Å². The van der Waals surface area contributed by atoms with Gasteiger partial charge in [-0.05, 0) is 6.92 Å². The van der Waals surface area contributed by atoms with E-state index in [0.29, 0.717) is 4.90 Å². The zero-order valence-corrected chi connectivity index (χ0v) is 11.6. The number of hydrogen-bond acceptors (Lipinski definition) is 8. The predicted molar refractivity (Wildman–Crippen MR) is 69.7 cm³/mol. The first-order valence-corrected chi connectivity index (χ1v) is 6.14. The lowest BCUT2D eigenvalue weighted by Crippen LogP contribution is -2.54. The molecule has 0 saturated carbocycles. The molecule has 0 heterocycles. The zero-order valence-electron chi connectivity index (χ0n) is 11.6. The number of hydrogen-bond donors (Lipinski definition) is 6. The highest BCUT2D eigenvalue weighted by atomic mass is 16.4. The molecular formula is C12H21NO8. The fourth-order valence-electron chi connectivity index (χ4n) is 1.47. The van der Waals surface area contributed by atoms with Crippen LogP contribution in [0.15, 0.2) is 12.2 Å². The molecule has 9 heteroatoms. The van der Waals surface area contributed by atoms with Crippen LogP contribution in [0.4, 0.5) is 0 Å². The first-order valence-electron chi connectivity index (χ1n) is 6.14. The lowest BCUT2D eigenvalue weighted by atomic mass is 10.0. The number of aliphatic hydroxyl groups excluding tert-OH is 6. The van der Waals surface area contributed by atoms with Crippen LogP contribution in [0.5, 0.6) is 0 Å². The highest BCUT2D eigenvalue weighted by Gasteiger charge is 2.37. The molecule has 122 valence electrons. The highest BCUT2D eigenvalue weighted by Crippen LogP contribution is 2.10.